The highest BCUT2D eigenvalue weighted by molar-refractivity contribution is 5.11. The van der Waals surface area contributed by atoms with E-state index in [1.54, 1.807) is 0 Å². The van der Waals surface area contributed by atoms with E-state index in [9.17, 15) is 0 Å². The number of rotatable bonds is 3. The Balaban J connectivity index is 2.15. The third kappa shape index (κ3) is 2.53. The molecule has 0 amide bonds. The molecule has 0 bridgehead atoms. The summed E-state index contributed by atoms with van der Waals surface area (Å²) in [6, 6.07) is 0.437. The Morgan fingerprint density at radius 1 is 1.53 bits per heavy atom. The van der Waals surface area contributed by atoms with Crippen LogP contribution in [0.25, 0.3) is 0 Å². The van der Waals surface area contributed by atoms with Crippen molar-refractivity contribution in [1.82, 2.24) is 20.0 Å². The molecule has 4 nitrogen and oxygen atoms in total. The molecule has 2 rings (SSSR count). The summed E-state index contributed by atoms with van der Waals surface area (Å²) in [4.78, 5) is 2.57. The summed E-state index contributed by atoms with van der Waals surface area (Å²) in [5.41, 5.74) is 1.54. The summed E-state index contributed by atoms with van der Waals surface area (Å²) in [5.74, 6) is 0. The second-order valence-electron chi connectivity index (χ2n) is 5.49. The van der Waals surface area contributed by atoms with Crippen LogP contribution in [0.15, 0.2) is 12.4 Å². The first-order valence-corrected chi connectivity index (χ1v) is 6.54. The third-order valence-electron chi connectivity index (χ3n) is 3.79. The molecular weight excluding hydrogens is 212 g/mol. The zero-order valence-corrected chi connectivity index (χ0v) is 11.4. The van der Waals surface area contributed by atoms with Crippen molar-refractivity contribution in [3.8, 4) is 0 Å². The van der Waals surface area contributed by atoms with Crippen molar-refractivity contribution < 1.29 is 0 Å². The van der Waals surface area contributed by atoms with Crippen LogP contribution in [0.2, 0.25) is 0 Å². The molecule has 96 valence electrons. The zero-order chi connectivity index (χ0) is 12.5. The van der Waals surface area contributed by atoms with Gasteiger partial charge in [-0.25, -0.2) is 0 Å². The van der Waals surface area contributed by atoms with Gasteiger partial charge in [0.1, 0.15) is 0 Å². The fourth-order valence-electron chi connectivity index (χ4n) is 2.66. The average molecular weight is 236 g/mol. The fraction of sp³-hybridized carbons (Fsp3) is 0.769. The van der Waals surface area contributed by atoms with Crippen molar-refractivity contribution in [2.75, 3.05) is 19.6 Å². The Morgan fingerprint density at radius 3 is 2.88 bits per heavy atom. The van der Waals surface area contributed by atoms with Gasteiger partial charge in [0.2, 0.25) is 0 Å². The van der Waals surface area contributed by atoms with Crippen LogP contribution in [0.4, 0.5) is 0 Å². The normalized spacial score (nSPS) is 22.6. The standard InChI is InChI=1S/C13H24N4/c1-5-16-9-12(8-15-16)11(2)17-7-6-14-10-13(17,3)4/h8-9,11,14H,5-7,10H2,1-4H3. The highest BCUT2D eigenvalue weighted by Crippen LogP contribution is 2.28. The Kier molecular flexibility index (Phi) is 3.54. The molecule has 1 unspecified atom stereocenters. The third-order valence-corrected chi connectivity index (χ3v) is 3.79. The summed E-state index contributed by atoms with van der Waals surface area (Å²) in [5, 5.41) is 7.84. The van der Waals surface area contributed by atoms with Crippen molar-refractivity contribution >= 4 is 0 Å². The molecule has 0 aromatic carbocycles. The molecule has 17 heavy (non-hydrogen) atoms. The molecule has 1 fully saturated rings. The number of hydrogen-bond acceptors (Lipinski definition) is 3. The molecule has 1 aromatic heterocycles. The topological polar surface area (TPSA) is 33.1 Å². The van der Waals surface area contributed by atoms with Gasteiger partial charge in [0.25, 0.3) is 0 Å². The summed E-state index contributed by atoms with van der Waals surface area (Å²) < 4.78 is 2.00. The molecule has 2 heterocycles. The molecule has 1 aromatic rings. The van der Waals surface area contributed by atoms with E-state index in [0.29, 0.717) is 6.04 Å². The number of aromatic nitrogens is 2. The first kappa shape index (κ1) is 12.6. The van der Waals surface area contributed by atoms with Gasteiger partial charge in [0, 0.05) is 49.5 Å². The van der Waals surface area contributed by atoms with E-state index in [4.69, 9.17) is 0 Å². The van der Waals surface area contributed by atoms with Gasteiger partial charge in [-0.1, -0.05) is 0 Å². The van der Waals surface area contributed by atoms with E-state index in [1.165, 1.54) is 5.56 Å². The number of nitrogens with zero attached hydrogens (tertiary/aromatic N) is 3. The van der Waals surface area contributed by atoms with Crippen molar-refractivity contribution in [2.24, 2.45) is 0 Å². The Labute approximate surface area is 104 Å². The summed E-state index contributed by atoms with van der Waals surface area (Å²) in [6.07, 6.45) is 4.18. The first-order valence-electron chi connectivity index (χ1n) is 6.54. The molecular formula is C13H24N4. The SMILES string of the molecule is CCn1cc(C(C)N2CCNCC2(C)C)cn1. The minimum Gasteiger partial charge on any atom is -0.314 e. The van der Waals surface area contributed by atoms with Crippen molar-refractivity contribution in [3.05, 3.63) is 18.0 Å². The Bertz CT molecular complexity index is 369. The first-order chi connectivity index (χ1) is 8.04. The second kappa shape index (κ2) is 4.78. The zero-order valence-electron chi connectivity index (χ0n) is 11.4. The van der Waals surface area contributed by atoms with Crippen molar-refractivity contribution in [2.45, 2.75) is 45.8 Å². The molecule has 0 saturated carbocycles. The minimum absolute atomic E-state index is 0.214. The lowest BCUT2D eigenvalue weighted by atomic mass is 9.96. The molecule has 0 spiro atoms. The van der Waals surface area contributed by atoms with Gasteiger partial charge >= 0.3 is 0 Å². The lowest BCUT2D eigenvalue weighted by Gasteiger charge is -2.46. The van der Waals surface area contributed by atoms with E-state index in [-0.39, 0.29) is 5.54 Å². The Hall–Kier alpha value is -0.870. The minimum atomic E-state index is 0.214. The molecule has 0 aliphatic carbocycles. The van der Waals surface area contributed by atoms with Gasteiger partial charge in [0.05, 0.1) is 6.20 Å². The number of aryl methyl sites for hydroxylation is 1. The summed E-state index contributed by atoms with van der Waals surface area (Å²) in [6.45, 7) is 13.2. The van der Waals surface area contributed by atoms with Gasteiger partial charge < -0.3 is 5.32 Å². The van der Waals surface area contributed by atoms with E-state index in [0.717, 1.165) is 26.2 Å². The maximum absolute atomic E-state index is 4.37. The smallest absolute Gasteiger partial charge is 0.0537 e. The number of nitrogens with one attached hydrogen (secondary N) is 1. The van der Waals surface area contributed by atoms with Gasteiger partial charge in [-0.15, -0.1) is 0 Å². The van der Waals surface area contributed by atoms with E-state index >= 15 is 0 Å². The van der Waals surface area contributed by atoms with Crippen LogP contribution in [-0.2, 0) is 6.54 Å². The lowest BCUT2D eigenvalue weighted by Crippen LogP contribution is -2.58. The molecule has 1 aliphatic rings. The lowest BCUT2D eigenvalue weighted by molar-refractivity contribution is 0.0516. The van der Waals surface area contributed by atoms with Gasteiger partial charge in [0.15, 0.2) is 0 Å². The molecule has 0 radical (unpaired) electrons. The predicted molar refractivity (Wildman–Crippen MR) is 70.0 cm³/mol. The highest BCUT2D eigenvalue weighted by Gasteiger charge is 2.33. The molecule has 1 atom stereocenters. The molecule has 1 aliphatic heterocycles. The fourth-order valence-corrected chi connectivity index (χ4v) is 2.66. The van der Waals surface area contributed by atoms with Gasteiger partial charge in [-0.3, -0.25) is 9.58 Å². The summed E-state index contributed by atoms with van der Waals surface area (Å²) >= 11 is 0. The van der Waals surface area contributed by atoms with Gasteiger partial charge in [-0.05, 0) is 27.7 Å². The second-order valence-corrected chi connectivity index (χ2v) is 5.49. The van der Waals surface area contributed by atoms with Crippen LogP contribution in [0.5, 0.6) is 0 Å². The van der Waals surface area contributed by atoms with Crippen LogP contribution in [0, 0.1) is 0 Å². The maximum atomic E-state index is 4.37. The van der Waals surface area contributed by atoms with E-state index < -0.39 is 0 Å². The maximum Gasteiger partial charge on any atom is 0.0537 e. The van der Waals surface area contributed by atoms with E-state index in [2.05, 4.69) is 49.2 Å². The molecule has 1 saturated heterocycles. The van der Waals surface area contributed by atoms with E-state index in [1.807, 2.05) is 10.9 Å². The van der Waals surface area contributed by atoms with Gasteiger partial charge in [-0.2, -0.15) is 5.10 Å². The monoisotopic (exact) mass is 236 g/mol. The average Bonchev–Trinajstić information content (AvgIpc) is 2.76. The Morgan fingerprint density at radius 2 is 2.29 bits per heavy atom. The van der Waals surface area contributed by atoms with Crippen molar-refractivity contribution in [3.63, 3.8) is 0 Å². The highest BCUT2D eigenvalue weighted by atomic mass is 15.3. The number of piperazine rings is 1. The molecule has 4 heteroatoms. The largest absolute Gasteiger partial charge is 0.314 e. The van der Waals surface area contributed by atoms with Crippen LogP contribution >= 0.6 is 0 Å². The number of hydrogen-bond donors (Lipinski definition) is 1. The van der Waals surface area contributed by atoms with Crippen LogP contribution in [0.3, 0.4) is 0 Å². The predicted octanol–water partition coefficient (Wildman–Crippen LogP) is 1.65. The van der Waals surface area contributed by atoms with Crippen molar-refractivity contribution in [1.29, 1.82) is 0 Å². The molecule has 1 N–H and O–H groups in total. The summed E-state index contributed by atoms with van der Waals surface area (Å²) in [7, 11) is 0. The van der Waals surface area contributed by atoms with Crippen LogP contribution in [0.1, 0.15) is 39.3 Å². The quantitative estimate of drug-likeness (QED) is 0.866. The van der Waals surface area contributed by atoms with Crippen LogP contribution < -0.4 is 5.32 Å². The van der Waals surface area contributed by atoms with Crippen LogP contribution in [-0.4, -0.2) is 39.9 Å².